The summed E-state index contributed by atoms with van der Waals surface area (Å²) in [6.45, 7) is 0. The minimum Gasteiger partial charge on any atom is -0.321 e. The van der Waals surface area contributed by atoms with Gasteiger partial charge in [-0.2, -0.15) is 10.4 Å². The van der Waals surface area contributed by atoms with Crippen LogP contribution in [0, 0.1) is 11.3 Å². The van der Waals surface area contributed by atoms with Crippen LogP contribution in [0.1, 0.15) is 5.56 Å². The van der Waals surface area contributed by atoms with Crippen LogP contribution in [-0.4, -0.2) is 16.1 Å². The second-order valence-electron chi connectivity index (χ2n) is 5.20. The van der Waals surface area contributed by atoms with E-state index in [-0.39, 0.29) is 5.57 Å². The molecule has 0 aliphatic rings. The van der Waals surface area contributed by atoms with E-state index in [1.807, 2.05) is 36.4 Å². The van der Waals surface area contributed by atoms with Crippen LogP contribution in [0.5, 0.6) is 0 Å². The Labute approximate surface area is 149 Å². The smallest absolute Gasteiger partial charge is 0.266 e. The molecule has 0 spiro atoms. The molecule has 0 aliphatic heterocycles. The van der Waals surface area contributed by atoms with Crippen molar-refractivity contribution in [1.29, 1.82) is 5.26 Å². The number of carbonyl (C=O) groups excluding carboxylic acids is 1. The average Bonchev–Trinajstić information content (AvgIpc) is 3.10. The van der Waals surface area contributed by atoms with Gasteiger partial charge in [-0.25, -0.2) is 0 Å². The third-order valence-corrected chi connectivity index (χ3v) is 3.75. The van der Waals surface area contributed by atoms with Crippen LogP contribution in [-0.2, 0) is 4.79 Å². The van der Waals surface area contributed by atoms with E-state index in [1.54, 1.807) is 30.5 Å². The monoisotopic (exact) mass is 348 g/mol. The van der Waals surface area contributed by atoms with E-state index in [2.05, 4.69) is 15.5 Å². The molecule has 5 nitrogen and oxygen atoms in total. The molecule has 0 saturated carbocycles. The fourth-order valence-corrected chi connectivity index (χ4v) is 2.40. The van der Waals surface area contributed by atoms with E-state index in [4.69, 9.17) is 11.6 Å². The molecular weight excluding hydrogens is 336 g/mol. The Morgan fingerprint density at radius 1 is 1.16 bits per heavy atom. The first-order valence-electron chi connectivity index (χ1n) is 7.45. The Bertz CT molecular complexity index is 953. The zero-order chi connectivity index (χ0) is 17.6. The SMILES string of the molecule is N#CC(=Cc1cn[nH]c1-c1ccccc1)C(=O)Nc1ccc(Cl)cc1. The molecular formula is C19H13ClN4O. The summed E-state index contributed by atoms with van der Waals surface area (Å²) in [5.74, 6) is -0.495. The lowest BCUT2D eigenvalue weighted by atomic mass is 10.1. The number of halogens is 1. The van der Waals surface area contributed by atoms with Gasteiger partial charge < -0.3 is 5.32 Å². The van der Waals surface area contributed by atoms with E-state index >= 15 is 0 Å². The maximum atomic E-state index is 12.3. The van der Waals surface area contributed by atoms with Gasteiger partial charge in [-0.3, -0.25) is 9.89 Å². The van der Waals surface area contributed by atoms with Crippen molar-refractivity contribution >= 4 is 29.3 Å². The largest absolute Gasteiger partial charge is 0.321 e. The zero-order valence-electron chi connectivity index (χ0n) is 13.0. The van der Waals surface area contributed by atoms with Crippen molar-refractivity contribution in [1.82, 2.24) is 10.2 Å². The molecule has 1 amide bonds. The molecule has 0 atom stereocenters. The van der Waals surface area contributed by atoms with Crippen molar-refractivity contribution < 1.29 is 4.79 Å². The normalized spacial score (nSPS) is 11.0. The molecule has 0 saturated heterocycles. The zero-order valence-corrected chi connectivity index (χ0v) is 13.8. The molecule has 0 radical (unpaired) electrons. The van der Waals surface area contributed by atoms with Gasteiger partial charge in [0.1, 0.15) is 11.6 Å². The number of anilines is 1. The van der Waals surface area contributed by atoms with Crippen molar-refractivity contribution in [2.75, 3.05) is 5.32 Å². The lowest BCUT2D eigenvalue weighted by Crippen LogP contribution is -2.13. The second kappa shape index (κ2) is 7.47. The number of nitriles is 1. The van der Waals surface area contributed by atoms with Crippen molar-refractivity contribution in [2.24, 2.45) is 0 Å². The first-order valence-corrected chi connectivity index (χ1v) is 7.82. The fourth-order valence-electron chi connectivity index (χ4n) is 2.28. The van der Waals surface area contributed by atoms with Crippen LogP contribution in [0.15, 0.2) is 66.4 Å². The predicted molar refractivity (Wildman–Crippen MR) is 97.7 cm³/mol. The van der Waals surface area contributed by atoms with Gasteiger partial charge in [0.25, 0.3) is 5.91 Å². The Morgan fingerprint density at radius 3 is 2.56 bits per heavy atom. The number of hydrogen-bond acceptors (Lipinski definition) is 3. The van der Waals surface area contributed by atoms with Gasteiger partial charge in [0, 0.05) is 21.8 Å². The number of amides is 1. The van der Waals surface area contributed by atoms with Gasteiger partial charge in [0.2, 0.25) is 0 Å². The van der Waals surface area contributed by atoms with E-state index in [0.717, 1.165) is 11.3 Å². The van der Waals surface area contributed by atoms with Crippen molar-refractivity contribution in [3.05, 3.63) is 77.0 Å². The maximum Gasteiger partial charge on any atom is 0.266 e. The lowest BCUT2D eigenvalue weighted by Gasteiger charge is -2.04. The minimum absolute atomic E-state index is 0.0199. The highest BCUT2D eigenvalue weighted by molar-refractivity contribution is 6.30. The molecule has 1 heterocycles. The van der Waals surface area contributed by atoms with Gasteiger partial charge in [-0.05, 0) is 30.3 Å². The Balaban J connectivity index is 1.86. The maximum absolute atomic E-state index is 12.3. The fraction of sp³-hybridized carbons (Fsp3) is 0. The number of benzene rings is 2. The van der Waals surface area contributed by atoms with Gasteiger partial charge in [0.15, 0.2) is 0 Å². The average molecular weight is 349 g/mol. The molecule has 6 heteroatoms. The molecule has 122 valence electrons. The molecule has 1 aromatic heterocycles. The molecule has 2 N–H and O–H groups in total. The van der Waals surface area contributed by atoms with Crippen molar-refractivity contribution in [2.45, 2.75) is 0 Å². The van der Waals surface area contributed by atoms with E-state index in [9.17, 15) is 10.1 Å². The number of aromatic amines is 1. The summed E-state index contributed by atoms with van der Waals surface area (Å²) in [7, 11) is 0. The third kappa shape index (κ3) is 3.94. The highest BCUT2D eigenvalue weighted by Crippen LogP contribution is 2.23. The van der Waals surface area contributed by atoms with Crippen LogP contribution in [0.4, 0.5) is 5.69 Å². The lowest BCUT2D eigenvalue weighted by molar-refractivity contribution is -0.112. The Morgan fingerprint density at radius 2 is 1.88 bits per heavy atom. The summed E-state index contributed by atoms with van der Waals surface area (Å²) < 4.78 is 0. The van der Waals surface area contributed by atoms with E-state index in [1.165, 1.54) is 6.08 Å². The second-order valence-corrected chi connectivity index (χ2v) is 5.63. The van der Waals surface area contributed by atoms with E-state index in [0.29, 0.717) is 16.3 Å². The summed E-state index contributed by atoms with van der Waals surface area (Å²) in [5, 5.41) is 19.5. The number of hydrogen-bond donors (Lipinski definition) is 2. The summed E-state index contributed by atoms with van der Waals surface area (Å²) >= 11 is 5.82. The van der Waals surface area contributed by atoms with Gasteiger partial charge in [0.05, 0.1) is 11.9 Å². The summed E-state index contributed by atoms with van der Waals surface area (Å²) in [6, 6.07) is 18.2. The topological polar surface area (TPSA) is 81.6 Å². The number of nitrogens with one attached hydrogen (secondary N) is 2. The first-order chi connectivity index (χ1) is 12.2. The van der Waals surface area contributed by atoms with Gasteiger partial charge in [-0.15, -0.1) is 0 Å². The molecule has 25 heavy (non-hydrogen) atoms. The Kier molecular flexibility index (Phi) is 4.93. The van der Waals surface area contributed by atoms with Crippen LogP contribution < -0.4 is 5.32 Å². The van der Waals surface area contributed by atoms with Crippen LogP contribution in [0.2, 0.25) is 5.02 Å². The molecule has 0 bridgehead atoms. The Hall–Kier alpha value is -3.36. The number of rotatable bonds is 4. The summed E-state index contributed by atoms with van der Waals surface area (Å²) in [5.41, 5.74) is 2.86. The van der Waals surface area contributed by atoms with Gasteiger partial charge in [-0.1, -0.05) is 41.9 Å². The molecule has 0 fully saturated rings. The molecule has 3 aromatic rings. The van der Waals surface area contributed by atoms with Crippen LogP contribution in [0.25, 0.3) is 17.3 Å². The number of aromatic nitrogens is 2. The number of H-pyrrole nitrogens is 1. The van der Waals surface area contributed by atoms with Gasteiger partial charge >= 0.3 is 0 Å². The minimum atomic E-state index is -0.495. The van der Waals surface area contributed by atoms with Crippen LogP contribution >= 0.6 is 11.6 Å². The van der Waals surface area contributed by atoms with Crippen molar-refractivity contribution in [3.63, 3.8) is 0 Å². The van der Waals surface area contributed by atoms with Crippen LogP contribution in [0.3, 0.4) is 0 Å². The molecule has 3 rings (SSSR count). The van der Waals surface area contributed by atoms with E-state index < -0.39 is 5.91 Å². The quantitative estimate of drug-likeness (QED) is 0.545. The highest BCUT2D eigenvalue weighted by Gasteiger charge is 2.12. The predicted octanol–water partition coefficient (Wildman–Crippen LogP) is 4.28. The number of carbonyl (C=O) groups is 1. The summed E-state index contributed by atoms with van der Waals surface area (Å²) in [4.78, 5) is 12.3. The highest BCUT2D eigenvalue weighted by atomic mass is 35.5. The third-order valence-electron chi connectivity index (χ3n) is 3.50. The summed E-state index contributed by atoms with van der Waals surface area (Å²) in [6.07, 6.45) is 3.09. The molecule has 0 unspecified atom stereocenters. The first kappa shape index (κ1) is 16.5. The number of nitrogens with zero attached hydrogens (tertiary/aromatic N) is 2. The standard InChI is InChI=1S/C19H13ClN4O/c20-16-6-8-17(9-7-16)23-19(25)14(11-21)10-15-12-22-24-18(15)13-4-2-1-3-5-13/h1-10,12H,(H,22,24)(H,23,25). The molecule has 0 aliphatic carbocycles. The van der Waals surface area contributed by atoms with Crippen molar-refractivity contribution in [3.8, 4) is 17.3 Å². The molecule has 2 aromatic carbocycles.